The fourth-order valence-corrected chi connectivity index (χ4v) is 2.53. The average molecular weight is 211 g/mol. The van der Waals surface area contributed by atoms with Gasteiger partial charge < -0.3 is 10.1 Å². The fourth-order valence-electron chi connectivity index (χ4n) is 2.53. The molecule has 15 heavy (non-hydrogen) atoms. The second kappa shape index (κ2) is 6.49. The maximum Gasteiger partial charge on any atom is 0.0594 e. The second-order valence-electron chi connectivity index (χ2n) is 5.13. The van der Waals surface area contributed by atoms with Crippen LogP contribution >= 0.6 is 0 Å². The Morgan fingerprint density at radius 3 is 2.40 bits per heavy atom. The Kier molecular flexibility index (Phi) is 4.94. The Bertz CT molecular complexity index is 162. The van der Waals surface area contributed by atoms with Gasteiger partial charge in [-0.15, -0.1) is 0 Å². The van der Waals surface area contributed by atoms with Gasteiger partial charge in [0.2, 0.25) is 0 Å². The molecule has 2 saturated carbocycles. The van der Waals surface area contributed by atoms with Crippen LogP contribution in [-0.4, -0.2) is 25.8 Å². The van der Waals surface area contributed by atoms with E-state index in [2.05, 4.69) is 5.32 Å². The van der Waals surface area contributed by atoms with Crippen molar-refractivity contribution < 1.29 is 4.74 Å². The van der Waals surface area contributed by atoms with Crippen LogP contribution in [0.5, 0.6) is 0 Å². The lowest BCUT2D eigenvalue weighted by Gasteiger charge is -2.26. The van der Waals surface area contributed by atoms with Gasteiger partial charge in [-0.05, 0) is 44.6 Å². The predicted molar refractivity (Wildman–Crippen MR) is 63.0 cm³/mol. The molecule has 2 rings (SSSR count). The van der Waals surface area contributed by atoms with E-state index in [0.717, 1.165) is 19.1 Å². The Hall–Kier alpha value is -0.0800. The molecule has 0 radical (unpaired) electrons. The number of hydrogen-bond donors (Lipinski definition) is 1. The van der Waals surface area contributed by atoms with Gasteiger partial charge in [-0.25, -0.2) is 0 Å². The summed E-state index contributed by atoms with van der Waals surface area (Å²) in [6.45, 7) is 3.18. The highest BCUT2D eigenvalue weighted by Crippen LogP contribution is 2.23. The molecule has 0 aromatic carbocycles. The van der Waals surface area contributed by atoms with Crippen molar-refractivity contribution >= 4 is 0 Å². The normalized spacial score (nSPS) is 24.0. The maximum atomic E-state index is 5.70. The van der Waals surface area contributed by atoms with Crippen molar-refractivity contribution in [2.24, 2.45) is 5.92 Å². The summed E-state index contributed by atoms with van der Waals surface area (Å²) in [5.74, 6) is 0.947. The summed E-state index contributed by atoms with van der Waals surface area (Å²) in [6, 6.07) is 0. The molecule has 2 aliphatic rings. The summed E-state index contributed by atoms with van der Waals surface area (Å²) in [5.41, 5.74) is 0. The van der Waals surface area contributed by atoms with Gasteiger partial charge in [-0.3, -0.25) is 0 Å². The zero-order valence-electron chi connectivity index (χ0n) is 9.84. The molecule has 0 aromatic rings. The SMILES string of the molecule is C1CCC(CNCCOC2CCC2)CC1. The molecular weight excluding hydrogens is 186 g/mol. The Morgan fingerprint density at radius 1 is 0.933 bits per heavy atom. The summed E-state index contributed by atoms with van der Waals surface area (Å²) >= 11 is 0. The van der Waals surface area contributed by atoms with Gasteiger partial charge in [0.15, 0.2) is 0 Å². The highest BCUT2D eigenvalue weighted by Gasteiger charge is 2.17. The van der Waals surface area contributed by atoms with Gasteiger partial charge in [-0.1, -0.05) is 19.3 Å². The maximum absolute atomic E-state index is 5.70. The highest BCUT2D eigenvalue weighted by atomic mass is 16.5. The first-order valence-corrected chi connectivity index (χ1v) is 6.77. The van der Waals surface area contributed by atoms with E-state index >= 15 is 0 Å². The van der Waals surface area contributed by atoms with Gasteiger partial charge in [0.05, 0.1) is 12.7 Å². The van der Waals surface area contributed by atoms with Crippen LogP contribution in [0.25, 0.3) is 0 Å². The fraction of sp³-hybridized carbons (Fsp3) is 1.00. The standard InChI is InChI=1S/C13H25NO/c1-2-5-12(6-3-1)11-14-9-10-15-13-7-4-8-13/h12-14H,1-11H2. The molecule has 0 atom stereocenters. The first-order valence-electron chi connectivity index (χ1n) is 6.77. The molecule has 1 N–H and O–H groups in total. The third-order valence-corrected chi connectivity index (χ3v) is 3.84. The Labute approximate surface area is 93.8 Å². The quantitative estimate of drug-likeness (QED) is 0.682. The molecule has 0 spiro atoms. The lowest BCUT2D eigenvalue weighted by atomic mass is 9.89. The van der Waals surface area contributed by atoms with Crippen LogP contribution < -0.4 is 5.32 Å². The van der Waals surface area contributed by atoms with Gasteiger partial charge in [-0.2, -0.15) is 0 Å². The summed E-state index contributed by atoms with van der Waals surface area (Å²) in [7, 11) is 0. The number of hydrogen-bond acceptors (Lipinski definition) is 2. The summed E-state index contributed by atoms with van der Waals surface area (Å²) in [4.78, 5) is 0. The van der Waals surface area contributed by atoms with Crippen molar-refractivity contribution in [2.45, 2.75) is 57.5 Å². The van der Waals surface area contributed by atoms with Crippen molar-refractivity contribution in [2.75, 3.05) is 19.7 Å². The minimum Gasteiger partial charge on any atom is -0.377 e. The van der Waals surface area contributed by atoms with E-state index in [1.165, 1.54) is 57.9 Å². The van der Waals surface area contributed by atoms with E-state index in [9.17, 15) is 0 Å². The first-order chi connectivity index (χ1) is 7.45. The van der Waals surface area contributed by atoms with Crippen LogP contribution in [0.15, 0.2) is 0 Å². The van der Waals surface area contributed by atoms with E-state index in [1.54, 1.807) is 0 Å². The largest absolute Gasteiger partial charge is 0.377 e. The Morgan fingerprint density at radius 2 is 1.73 bits per heavy atom. The second-order valence-corrected chi connectivity index (χ2v) is 5.13. The number of nitrogens with one attached hydrogen (secondary N) is 1. The topological polar surface area (TPSA) is 21.3 Å². The van der Waals surface area contributed by atoms with Crippen molar-refractivity contribution in [1.82, 2.24) is 5.32 Å². The van der Waals surface area contributed by atoms with Crippen LogP contribution in [-0.2, 0) is 4.74 Å². The summed E-state index contributed by atoms with van der Waals surface area (Å²) < 4.78 is 5.70. The lowest BCUT2D eigenvalue weighted by Crippen LogP contribution is -2.30. The van der Waals surface area contributed by atoms with E-state index in [1.807, 2.05) is 0 Å². The van der Waals surface area contributed by atoms with Crippen LogP contribution in [0.4, 0.5) is 0 Å². The Balaban J connectivity index is 1.40. The molecule has 2 aliphatic carbocycles. The monoisotopic (exact) mass is 211 g/mol. The molecular formula is C13H25NO. The minimum absolute atomic E-state index is 0.599. The van der Waals surface area contributed by atoms with Crippen LogP contribution in [0.3, 0.4) is 0 Å². The van der Waals surface area contributed by atoms with E-state index in [-0.39, 0.29) is 0 Å². The number of rotatable bonds is 6. The van der Waals surface area contributed by atoms with Crippen LogP contribution in [0.1, 0.15) is 51.4 Å². The molecule has 88 valence electrons. The van der Waals surface area contributed by atoms with E-state index in [0.29, 0.717) is 6.10 Å². The molecule has 0 amide bonds. The van der Waals surface area contributed by atoms with Crippen LogP contribution in [0, 0.1) is 5.92 Å². The van der Waals surface area contributed by atoms with Crippen LogP contribution in [0.2, 0.25) is 0 Å². The molecule has 0 heterocycles. The molecule has 2 heteroatoms. The lowest BCUT2D eigenvalue weighted by molar-refractivity contribution is 0.00399. The summed E-state index contributed by atoms with van der Waals surface area (Å²) in [5, 5.41) is 3.53. The molecule has 0 saturated heterocycles. The zero-order valence-corrected chi connectivity index (χ0v) is 9.84. The smallest absolute Gasteiger partial charge is 0.0594 e. The molecule has 0 aliphatic heterocycles. The average Bonchev–Trinajstić information content (AvgIpc) is 2.22. The molecule has 0 aromatic heterocycles. The highest BCUT2D eigenvalue weighted by molar-refractivity contribution is 4.70. The van der Waals surface area contributed by atoms with Crippen molar-refractivity contribution in [1.29, 1.82) is 0 Å². The minimum atomic E-state index is 0.599. The van der Waals surface area contributed by atoms with E-state index < -0.39 is 0 Å². The van der Waals surface area contributed by atoms with Crippen molar-refractivity contribution in [3.8, 4) is 0 Å². The van der Waals surface area contributed by atoms with Gasteiger partial charge in [0, 0.05) is 6.54 Å². The third-order valence-electron chi connectivity index (χ3n) is 3.84. The third kappa shape index (κ3) is 4.12. The zero-order chi connectivity index (χ0) is 10.3. The molecule has 0 unspecified atom stereocenters. The van der Waals surface area contributed by atoms with Gasteiger partial charge in [0.1, 0.15) is 0 Å². The number of ether oxygens (including phenoxy) is 1. The van der Waals surface area contributed by atoms with Crippen molar-refractivity contribution in [3.63, 3.8) is 0 Å². The molecule has 0 bridgehead atoms. The molecule has 2 fully saturated rings. The predicted octanol–water partition coefficient (Wildman–Crippen LogP) is 2.73. The van der Waals surface area contributed by atoms with Gasteiger partial charge in [0.25, 0.3) is 0 Å². The molecule has 2 nitrogen and oxygen atoms in total. The summed E-state index contributed by atoms with van der Waals surface area (Å²) in [6.07, 6.45) is 11.8. The van der Waals surface area contributed by atoms with E-state index in [4.69, 9.17) is 4.74 Å². The van der Waals surface area contributed by atoms with Crippen molar-refractivity contribution in [3.05, 3.63) is 0 Å². The first kappa shape index (κ1) is 11.4. The van der Waals surface area contributed by atoms with Gasteiger partial charge >= 0.3 is 0 Å².